The molecule has 0 fully saturated rings. The van der Waals surface area contributed by atoms with Crippen molar-refractivity contribution in [3.05, 3.63) is 34.2 Å². The first-order valence-electron chi connectivity index (χ1n) is 5.99. The lowest BCUT2D eigenvalue weighted by atomic mass is 10.4. The van der Waals surface area contributed by atoms with Crippen LogP contribution < -0.4 is 10.9 Å². The van der Waals surface area contributed by atoms with Crippen LogP contribution in [0.3, 0.4) is 0 Å². The van der Waals surface area contributed by atoms with Crippen molar-refractivity contribution in [2.45, 2.75) is 13.0 Å². The third-order valence-electron chi connectivity index (χ3n) is 2.32. The Hall–Kier alpha value is -1.37. The average Bonchev–Trinajstić information content (AvgIpc) is 2.41. The number of hydrogen-bond acceptors (Lipinski definition) is 5. The second kappa shape index (κ2) is 8.68. The summed E-state index contributed by atoms with van der Waals surface area (Å²) < 4.78 is 6.43. The Morgan fingerprint density at radius 1 is 1.58 bits per heavy atom. The van der Waals surface area contributed by atoms with E-state index in [1.807, 2.05) is 0 Å². The lowest BCUT2D eigenvalue weighted by Gasteiger charge is -2.09. The Morgan fingerprint density at radius 3 is 3.05 bits per heavy atom. The third-order valence-corrected chi connectivity index (χ3v) is 2.69. The molecule has 0 saturated carbocycles. The van der Waals surface area contributed by atoms with Crippen LogP contribution in [0.15, 0.2) is 23.6 Å². The normalized spacial score (nSPS) is 10.4. The summed E-state index contributed by atoms with van der Waals surface area (Å²) in [5.41, 5.74) is 0.0430. The molecule has 1 rings (SSSR count). The molecule has 0 amide bonds. The minimum Gasteiger partial charge on any atom is -0.394 e. The third kappa shape index (κ3) is 5.02. The van der Waals surface area contributed by atoms with Crippen molar-refractivity contribution in [2.75, 3.05) is 31.7 Å². The molecule has 0 spiro atoms. The zero-order chi connectivity index (χ0) is 14.1. The minimum absolute atomic E-state index is 0.0644. The monoisotopic (exact) mass is 287 g/mol. The predicted octanol–water partition coefficient (Wildman–Crippen LogP) is 0.894. The molecule has 0 aliphatic rings. The number of aromatic nitrogens is 2. The van der Waals surface area contributed by atoms with Crippen LogP contribution in [0, 0.1) is 0 Å². The zero-order valence-electron chi connectivity index (χ0n) is 10.6. The van der Waals surface area contributed by atoms with Crippen LogP contribution in [-0.4, -0.2) is 41.3 Å². The van der Waals surface area contributed by atoms with E-state index in [9.17, 15) is 4.79 Å². The van der Waals surface area contributed by atoms with Gasteiger partial charge in [-0.2, -0.15) is 5.10 Å². The van der Waals surface area contributed by atoms with Crippen molar-refractivity contribution in [1.82, 2.24) is 9.78 Å². The largest absolute Gasteiger partial charge is 0.394 e. The predicted molar refractivity (Wildman–Crippen MR) is 74.7 cm³/mol. The maximum atomic E-state index is 11.7. The highest BCUT2D eigenvalue weighted by Crippen LogP contribution is 2.14. The van der Waals surface area contributed by atoms with E-state index in [2.05, 4.69) is 17.0 Å². The van der Waals surface area contributed by atoms with Gasteiger partial charge < -0.3 is 15.2 Å². The van der Waals surface area contributed by atoms with E-state index in [-0.39, 0.29) is 18.2 Å². The van der Waals surface area contributed by atoms with Crippen LogP contribution >= 0.6 is 11.6 Å². The molecule has 0 aromatic carbocycles. The van der Waals surface area contributed by atoms with Crippen molar-refractivity contribution in [1.29, 1.82) is 0 Å². The lowest BCUT2D eigenvalue weighted by molar-refractivity contribution is 0.149. The van der Waals surface area contributed by atoms with Gasteiger partial charge in [0.15, 0.2) is 0 Å². The van der Waals surface area contributed by atoms with Crippen molar-refractivity contribution in [2.24, 2.45) is 0 Å². The second-order valence-corrected chi connectivity index (χ2v) is 4.12. The van der Waals surface area contributed by atoms with E-state index in [0.717, 1.165) is 11.1 Å². The molecule has 0 unspecified atom stereocenters. The summed E-state index contributed by atoms with van der Waals surface area (Å²) in [6, 6.07) is 0. The highest BCUT2D eigenvalue weighted by molar-refractivity contribution is 6.32. The SMILES string of the molecule is C=CCCOCCNc1cnn(CCO)c(=O)c1Cl. The molecule has 0 bridgehead atoms. The highest BCUT2D eigenvalue weighted by atomic mass is 35.5. The number of aliphatic hydroxyl groups excluding tert-OH is 1. The molecule has 0 aliphatic heterocycles. The van der Waals surface area contributed by atoms with E-state index < -0.39 is 5.56 Å². The van der Waals surface area contributed by atoms with Gasteiger partial charge in [-0.25, -0.2) is 4.68 Å². The van der Waals surface area contributed by atoms with Crippen LogP contribution in [0.5, 0.6) is 0 Å². The fraction of sp³-hybridized carbons (Fsp3) is 0.500. The smallest absolute Gasteiger partial charge is 0.287 e. The van der Waals surface area contributed by atoms with Gasteiger partial charge in [0, 0.05) is 6.54 Å². The van der Waals surface area contributed by atoms with Crippen LogP contribution in [-0.2, 0) is 11.3 Å². The van der Waals surface area contributed by atoms with Crippen LogP contribution in [0.25, 0.3) is 0 Å². The Bertz CT molecular complexity index is 462. The highest BCUT2D eigenvalue weighted by Gasteiger charge is 2.08. The number of halogens is 1. The van der Waals surface area contributed by atoms with E-state index in [1.165, 1.54) is 6.20 Å². The van der Waals surface area contributed by atoms with Crippen molar-refractivity contribution in [3.63, 3.8) is 0 Å². The molecule has 1 heterocycles. The molecule has 0 radical (unpaired) electrons. The van der Waals surface area contributed by atoms with Gasteiger partial charge in [-0.05, 0) is 6.42 Å². The molecule has 19 heavy (non-hydrogen) atoms. The maximum absolute atomic E-state index is 11.7. The van der Waals surface area contributed by atoms with Crippen molar-refractivity contribution < 1.29 is 9.84 Å². The second-order valence-electron chi connectivity index (χ2n) is 3.74. The molecule has 0 saturated heterocycles. The van der Waals surface area contributed by atoms with Gasteiger partial charge >= 0.3 is 0 Å². The summed E-state index contributed by atoms with van der Waals surface area (Å²) in [6.07, 6.45) is 4.05. The van der Waals surface area contributed by atoms with Gasteiger partial charge in [0.05, 0.1) is 38.2 Å². The molecule has 2 N–H and O–H groups in total. The zero-order valence-corrected chi connectivity index (χ0v) is 11.4. The summed E-state index contributed by atoms with van der Waals surface area (Å²) in [4.78, 5) is 11.7. The molecule has 6 nitrogen and oxygen atoms in total. The Balaban J connectivity index is 2.48. The van der Waals surface area contributed by atoms with Gasteiger partial charge in [0.1, 0.15) is 5.02 Å². The average molecular weight is 288 g/mol. The lowest BCUT2D eigenvalue weighted by Crippen LogP contribution is -2.26. The van der Waals surface area contributed by atoms with Crippen LogP contribution in [0.2, 0.25) is 5.02 Å². The van der Waals surface area contributed by atoms with Gasteiger partial charge in [0.25, 0.3) is 5.56 Å². The standard InChI is InChI=1S/C12H18ClN3O3/c1-2-3-7-19-8-4-14-10-9-15-16(5-6-17)12(18)11(10)13/h2,9,14,17H,1,3-8H2. The number of rotatable bonds is 9. The number of hydrogen-bond donors (Lipinski definition) is 2. The number of anilines is 1. The Morgan fingerprint density at radius 2 is 2.37 bits per heavy atom. The number of ether oxygens (including phenoxy) is 1. The quantitative estimate of drug-likeness (QED) is 0.521. The fourth-order valence-electron chi connectivity index (χ4n) is 1.37. The first kappa shape index (κ1) is 15.7. The molecule has 7 heteroatoms. The summed E-state index contributed by atoms with van der Waals surface area (Å²) in [5, 5.41) is 15.7. The van der Waals surface area contributed by atoms with Gasteiger partial charge in [0.2, 0.25) is 0 Å². The number of nitrogens with zero attached hydrogens (tertiary/aromatic N) is 2. The molecule has 106 valence electrons. The summed E-state index contributed by atoms with van der Waals surface area (Å²) >= 11 is 5.93. The fourth-order valence-corrected chi connectivity index (χ4v) is 1.58. The molecular formula is C12H18ClN3O3. The van der Waals surface area contributed by atoms with Gasteiger partial charge in [-0.15, -0.1) is 6.58 Å². The summed E-state index contributed by atoms with van der Waals surface area (Å²) in [7, 11) is 0. The first-order valence-corrected chi connectivity index (χ1v) is 6.37. The van der Waals surface area contributed by atoms with E-state index in [4.69, 9.17) is 21.4 Å². The molecule has 1 aromatic heterocycles. The van der Waals surface area contributed by atoms with Gasteiger partial charge in [-0.3, -0.25) is 4.79 Å². The molecule has 1 aromatic rings. The summed E-state index contributed by atoms with van der Waals surface area (Å²) in [5.74, 6) is 0. The molecule has 0 aliphatic carbocycles. The minimum atomic E-state index is -0.423. The number of aliphatic hydroxyl groups is 1. The van der Waals surface area contributed by atoms with E-state index in [0.29, 0.717) is 25.4 Å². The van der Waals surface area contributed by atoms with E-state index >= 15 is 0 Å². The van der Waals surface area contributed by atoms with Crippen molar-refractivity contribution >= 4 is 17.3 Å². The Kier molecular flexibility index (Phi) is 7.17. The van der Waals surface area contributed by atoms with Crippen molar-refractivity contribution in [3.8, 4) is 0 Å². The summed E-state index contributed by atoms with van der Waals surface area (Å²) in [6.45, 7) is 5.22. The molecular weight excluding hydrogens is 270 g/mol. The van der Waals surface area contributed by atoms with Gasteiger partial charge in [-0.1, -0.05) is 17.7 Å². The number of nitrogens with one attached hydrogen (secondary N) is 1. The van der Waals surface area contributed by atoms with Crippen LogP contribution in [0.1, 0.15) is 6.42 Å². The van der Waals surface area contributed by atoms with Crippen LogP contribution in [0.4, 0.5) is 5.69 Å². The topological polar surface area (TPSA) is 76.4 Å². The maximum Gasteiger partial charge on any atom is 0.287 e. The Labute approximate surface area is 116 Å². The van der Waals surface area contributed by atoms with E-state index in [1.54, 1.807) is 6.08 Å². The molecule has 0 atom stereocenters. The first-order chi connectivity index (χ1) is 9.20.